The number of nitrogens with two attached hydrogens (primary N) is 1. The molecular formula is C10H22IN3O2. The summed E-state index contributed by atoms with van der Waals surface area (Å²) in [6.45, 7) is 8.64. The quantitative estimate of drug-likeness (QED) is 0.224. The summed E-state index contributed by atoms with van der Waals surface area (Å²) in [7, 11) is 1.64. The molecule has 0 bridgehead atoms. The van der Waals surface area contributed by atoms with Gasteiger partial charge in [0.05, 0.1) is 26.4 Å². The van der Waals surface area contributed by atoms with Crippen LogP contribution in [0.2, 0.25) is 0 Å². The molecule has 5 nitrogen and oxygen atoms in total. The van der Waals surface area contributed by atoms with E-state index in [1.165, 1.54) is 0 Å². The lowest BCUT2D eigenvalue weighted by molar-refractivity contribution is 0.0734. The van der Waals surface area contributed by atoms with Crippen molar-refractivity contribution >= 4 is 29.9 Å². The summed E-state index contributed by atoms with van der Waals surface area (Å²) in [6.07, 6.45) is 0. The zero-order valence-corrected chi connectivity index (χ0v) is 12.3. The highest BCUT2D eigenvalue weighted by molar-refractivity contribution is 14.0. The van der Waals surface area contributed by atoms with Crippen LogP contribution in [0, 0.1) is 0 Å². The van der Waals surface area contributed by atoms with E-state index in [1.807, 2.05) is 6.92 Å². The maximum absolute atomic E-state index is 5.58. The smallest absolute Gasteiger partial charge is 0.188 e. The summed E-state index contributed by atoms with van der Waals surface area (Å²) in [6, 6.07) is 0. The van der Waals surface area contributed by atoms with Crippen LogP contribution in [0.15, 0.2) is 17.1 Å². The molecule has 0 aliphatic carbocycles. The van der Waals surface area contributed by atoms with Gasteiger partial charge in [0.1, 0.15) is 0 Å². The van der Waals surface area contributed by atoms with Gasteiger partial charge in [0.15, 0.2) is 5.96 Å². The highest BCUT2D eigenvalue weighted by Crippen LogP contribution is 1.85. The third-order valence-corrected chi connectivity index (χ3v) is 1.50. The van der Waals surface area contributed by atoms with E-state index in [-0.39, 0.29) is 24.0 Å². The Hall–Kier alpha value is -0.340. The molecule has 0 aromatic heterocycles. The van der Waals surface area contributed by atoms with Crippen LogP contribution in [0.4, 0.5) is 0 Å². The molecule has 0 aliphatic rings. The molecule has 0 saturated carbocycles. The van der Waals surface area contributed by atoms with Crippen molar-refractivity contribution in [1.82, 2.24) is 5.32 Å². The molecule has 0 unspecified atom stereocenters. The van der Waals surface area contributed by atoms with Gasteiger partial charge in [-0.25, -0.2) is 4.99 Å². The summed E-state index contributed by atoms with van der Waals surface area (Å²) in [4.78, 5) is 4.06. The van der Waals surface area contributed by atoms with Crippen LogP contribution in [-0.4, -0.2) is 46.0 Å². The van der Waals surface area contributed by atoms with E-state index in [0.717, 1.165) is 5.57 Å². The van der Waals surface area contributed by atoms with Crippen molar-refractivity contribution in [3.63, 3.8) is 0 Å². The van der Waals surface area contributed by atoms with E-state index in [4.69, 9.17) is 15.2 Å². The summed E-state index contributed by atoms with van der Waals surface area (Å²) in [5.41, 5.74) is 6.56. The number of guanidine groups is 1. The summed E-state index contributed by atoms with van der Waals surface area (Å²) in [5.74, 6) is 0.424. The number of hydrogen-bond acceptors (Lipinski definition) is 3. The van der Waals surface area contributed by atoms with Crippen molar-refractivity contribution < 1.29 is 9.47 Å². The topological polar surface area (TPSA) is 68.9 Å². The largest absolute Gasteiger partial charge is 0.382 e. The minimum absolute atomic E-state index is 0. The first-order chi connectivity index (χ1) is 7.16. The van der Waals surface area contributed by atoms with Gasteiger partial charge in [0, 0.05) is 13.7 Å². The predicted octanol–water partition coefficient (Wildman–Crippen LogP) is 0.748. The molecule has 0 saturated heterocycles. The van der Waals surface area contributed by atoms with E-state index in [2.05, 4.69) is 16.9 Å². The van der Waals surface area contributed by atoms with Gasteiger partial charge in [0.2, 0.25) is 0 Å². The first-order valence-corrected chi connectivity index (χ1v) is 4.91. The number of halogens is 1. The van der Waals surface area contributed by atoms with Crippen molar-refractivity contribution in [1.29, 1.82) is 0 Å². The van der Waals surface area contributed by atoms with Crippen molar-refractivity contribution in [2.75, 3.05) is 40.0 Å². The Kier molecular flexibility index (Phi) is 14.3. The van der Waals surface area contributed by atoms with Crippen molar-refractivity contribution in [2.45, 2.75) is 6.92 Å². The van der Waals surface area contributed by atoms with Crippen LogP contribution in [0.3, 0.4) is 0 Å². The minimum atomic E-state index is 0. The lowest BCUT2D eigenvalue weighted by Crippen LogP contribution is -2.34. The van der Waals surface area contributed by atoms with Crippen molar-refractivity contribution in [2.24, 2.45) is 10.7 Å². The third kappa shape index (κ3) is 13.7. The van der Waals surface area contributed by atoms with Gasteiger partial charge in [-0.15, -0.1) is 24.0 Å². The van der Waals surface area contributed by atoms with Crippen LogP contribution in [0.25, 0.3) is 0 Å². The molecule has 96 valence electrons. The Labute approximate surface area is 114 Å². The molecule has 0 aliphatic heterocycles. The minimum Gasteiger partial charge on any atom is -0.382 e. The second kappa shape index (κ2) is 12.7. The Morgan fingerprint density at radius 1 is 1.38 bits per heavy atom. The SMILES string of the molecule is C=C(C)CN=C(N)NCCOCCOC.I. The maximum Gasteiger partial charge on any atom is 0.188 e. The lowest BCUT2D eigenvalue weighted by atomic mass is 10.4. The molecule has 16 heavy (non-hydrogen) atoms. The average Bonchev–Trinajstić information content (AvgIpc) is 2.20. The van der Waals surface area contributed by atoms with Crippen LogP contribution in [-0.2, 0) is 9.47 Å². The Balaban J connectivity index is 0. The van der Waals surface area contributed by atoms with E-state index in [0.29, 0.717) is 38.9 Å². The fraction of sp³-hybridized carbons (Fsp3) is 0.700. The number of hydrogen-bond donors (Lipinski definition) is 2. The van der Waals surface area contributed by atoms with Crippen molar-refractivity contribution in [3.8, 4) is 0 Å². The van der Waals surface area contributed by atoms with Gasteiger partial charge in [-0.05, 0) is 6.92 Å². The number of methoxy groups -OCH3 is 1. The number of nitrogens with zero attached hydrogens (tertiary/aromatic N) is 1. The van der Waals surface area contributed by atoms with Gasteiger partial charge >= 0.3 is 0 Å². The number of rotatable bonds is 8. The molecule has 6 heteroatoms. The van der Waals surface area contributed by atoms with Gasteiger partial charge in [-0.2, -0.15) is 0 Å². The van der Waals surface area contributed by atoms with Gasteiger partial charge < -0.3 is 20.5 Å². The lowest BCUT2D eigenvalue weighted by Gasteiger charge is -2.06. The van der Waals surface area contributed by atoms with E-state index in [9.17, 15) is 0 Å². The molecule has 0 aromatic carbocycles. The second-order valence-electron chi connectivity index (χ2n) is 3.19. The molecule has 0 aromatic rings. The van der Waals surface area contributed by atoms with E-state index in [1.54, 1.807) is 7.11 Å². The van der Waals surface area contributed by atoms with Crippen molar-refractivity contribution in [3.05, 3.63) is 12.2 Å². The highest BCUT2D eigenvalue weighted by atomic mass is 127. The van der Waals surface area contributed by atoms with Gasteiger partial charge in [-0.3, -0.25) is 0 Å². The zero-order valence-electron chi connectivity index (χ0n) is 9.99. The number of nitrogens with one attached hydrogen (secondary N) is 1. The van der Waals surface area contributed by atoms with Crippen LogP contribution < -0.4 is 11.1 Å². The van der Waals surface area contributed by atoms with Crippen LogP contribution in [0.1, 0.15) is 6.92 Å². The molecule has 0 heterocycles. The first kappa shape index (κ1) is 18.0. The van der Waals surface area contributed by atoms with E-state index >= 15 is 0 Å². The number of aliphatic imine (C=N–C) groups is 1. The molecule has 0 atom stereocenters. The third-order valence-electron chi connectivity index (χ3n) is 1.50. The molecule has 0 rings (SSSR count). The number of ether oxygens (including phenoxy) is 2. The predicted molar refractivity (Wildman–Crippen MR) is 77.4 cm³/mol. The summed E-state index contributed by atoms with van der Waals surface area (Å²) in [5, 5.41) is 2.94. The Morgan fingerprint density at radius 2 is 2.06 bits per heavy atom. The average molecular weight is 343 g/mol. The maximum atomic E-state index is 5.58. The molecule has 0 amide bonds. The monoisotopic (exact) mass is 343 g/mol. The van der Waals surface area contributed by atoms with E-state index < -0.39 is 0 Å². The summed E-state index contributed by atoms with van der Waals surface area (Å²) < 4.78 is 10.1. The van der Waals surface area contributed by atoms with Crippen LogP contribution in [0.5, 0.6) is 0 Å². The Morgan fingerprint density at radius 3 is 2.62 bits per heavy atom. The Bertz CT molecular complexity index is 210. The van der Waals surface area contributed by atoms with Crippen LogP contribution >= 0.6 is 24.0 Å². The molecule has 0 fully saturated rings. The first-order valence-electron chi connectivity index (χ1n) is 4.91. The summed E-state index contributed by atoms with van der Waals surface area (Å²) >= 11 is 0. The molecule has 3 N–H and O–H groups in total. The molecule has 0 radical (unpaired) electrons. The second-order valence-corrected chi connectivity index (χ2v) is 3.19. The van der Waals surface area contributed by atoms with Gasteiger partial charge in [0.25, 0.3) is 0 Å². The molecular weight excluding hydrogens is 321 g/mol. The fourth-order valence-electron chi connectivity index (χ4n) is 0.772. The highest BCUT2D eigenvalue weighted by Gasteiger charge is 1.91. The van der Waals surface area contributed by atoms with Gasteiger partial charge in [-0.1, -0.05) is 12.2 Å². The zero-order chi connectivity index (χ0) is 11.5. The molecule has 0 spiro atoms. The fourth-order valence-corrected chi connectivity index (χ4v) is 0.772. The standard InChI is InChI=1S/C10H21N3O2.HI/c1-9(2)8-13-10(11)12-4-5-15-7-6-14-3;/h1,4-8H2,2-3H3,(H3,11,12,13);1H. The normalized spacial score (nSPS) is 10.8.